The molecule has 3 aromatic rings. The lowest BCUT2D eigenvalue weighted by Gasteiger charge is -2.08. The first-order valence-electron chi connectivity index (χ1n) is 6.41. The van der Waals surface area contributed by atoms with Gasteiger partial charge in [0.15, 0.2) is 0 Å². The van der Waals surface area contributed by atoms with Gasteiger partial charge < -0.3 is 5.32 Å². The predicted octanol–water partition coefficient (Wildman–Crippen LogP) is 3.82. The lowest BCUT2D eigenvalue weighted by Crippen LogP contribution is -2.07. The van der Waals surface area contributed by atoms with Crippen molar-refractivity contribution in [2.24, 2.45) is 0 Å². The van der Waals surface area contributed by atoms with Crippen LogP contribution >= 0.6 is 11.3 Å². The van der Waals surface area contributed by atoms with Crippen molar-refractivity contribution in [2.75, 3.05) is 11.9 Å². The molecule has 0 amide bonds. The van der Waals surface area contributed by atoms with Crippen molar-refractivity contribution >= 4 is 28.1 Å². The van der Waals surface area contributed by atoms with Gasteiger partial charge in [0.05, 0.1) is 11.1 Å². The molecule has 0 aliphatic rings. The molecule has 2 aromatic heterocycles. The third-order valence-electron chi connectivity index (χ3n) is 3.13. The van der Waals surface area contributed by atoms with Gasteiger partial charge in [0, 0.05) is 11.9 Å². The maximum Gasteiger partial charge on any atom is 0.144 e. The van der Waals surface area contributed by atoms with Gasteiger partial charge in [-0.2, -0.15) is 16.6 Å². The van der Waals surface area contributed by atoms with Crippen molar-refractivity contribution in [1.29, 1.82) is 5.26 Å². The molecule has 1 N–H and O–H groups in total. The van der Waals surface area contributed by atoms with Gasteiger partial charge in [-0.1, -0.05) is 18.2 Å². The van der Waals surface area contributed by atoms with Crippen molar-refractivity contribution in [3.8, 4) is 6.07 Å². The van der Waals surface area contributed by atoms with Crippen LogP contribution in [-0.4, -0.2) is 11.5 Å². The fourth-order valence-corrected chi connectivity index (χ4v) is 2.80. The first kappa shape index (κ1) is 12.6. The van der Waals surface area contributed by atoms with E-state index in [4.69, 9.17) is 0 Å². The number of aromatic nitrogens is 1. The number of fused-ring (bicyclic) bond motifs is 1. The van der Waals surface area contributed by atoms with E-state index in [0.29, 0.717) is 11.4 Å². The number of rotatable bonds is 4. The van der Waals surface area contributed by atoms with Gasteiger partial charge >= 0.3 is 0 Å². The Morgan fingerprint density at radius 3 is 2.95 bits per heavy atom. The van der Waals surface area contributed by atoms with Crippen LogP contribution in [0.3, 0.4) is 0 Å². The van der Waals surface area contributed by atoms with E-state index in [-0.39, 0.29) is 0 Å². The summed E-state index contributed by atoms with van der Waals surface area (Å²) in [4.78, 5) is 4.53. The van der Waals surface area contributed by atoms with Gasteiger partial charge in [-0.3, -0.25) is 0 Å². The molecule has 0 aliphatic carbocycles. The molecule has 0 atom stereocenters. The molecule has 0 saturated carbocycles. The first-order chi connectivity index (χ1) is 9.86. The Balaban J connectivity index is 1.81. The van der Waals surface area contributed by atoms with E-state index in [1.807, 2.05) is 30.3 Å². The van der Waals surface area contributed by atoms with Gasteiger partial charge in [0.1, 0.15) is 11.9 Å². The maximum atomic E-state index is 9.23. The molecule has 3 nitrogen and oxygen atoms in total. The average molecular weight is 279 g/mol. The Labute approximate surface area is 121 Å². The molecule has 2 heterocycles. The topological polar surface area (TPSA) is 48.7 Å². The molecular weight excluding hydrogens is 266 g/mol. The molecule has 4 heteroatoms. The number of hydrogen-bond acceptors (Lipinski definition) is 4. The Hall–Kier alpha value is -2.38. The second kappa shape index (κ2) is 5.72. The van der Waals surface area contributed by atoms with Gasteiger partial charge in [-0.25, -0.2) is 4.98 Å². The summed E-state index contributed by atoms with van der Waals surface area (Å²) >= 11 is 1.70. The minimum Gasteiger partial charge on any atom is -0.369 e. The molecule has 0 unspecified atom stereocenters. The summed E-state index contributed by atoms with van der Waals surface area (Å²) in [5, 5.41) is 17.7. The smallest absolute Gasteiger partial charge is 0.144 e. The second-order valence-electron chi connectivity index (χ2n) is 4.50. The monoisotopic (exact) mass is 279 g/mol. The summed E-state index contributed by atoms with van der Waals surface area (Å²) in [5.41, 5.74) is 2.81. The van der Waals surface area contributed by atoms with E-state index in [1.54, 1.807) is 11.3 Å². The highest BCUT2D eigenvalue weighted by atomic mass is 32.1. The molecule has 98 valence electrons. The summed E-state index contributed by atoms with van der Waals surface area (Å²) in [6.07, 6.45) is 0.933. The predicted molar refractivity (Wildman–Crippen MR) is 83.0 cm³/mol. The van der Waals surface area contributed by atoms with Crippen LogP contribution in [0.1, 0.15) is 11.1 Å². The number of nitrogens with one attached hydrogen (secondary N) is 1. The zero-order chi connectivity index (χ0) is 13.8. The molecule has 0 bridgehead atoms. The number of nitrogens with zero attached hydrogens (tertiary/aromatic N) is 2. The summed E-state index contributed by atoms with van der Waals surface area (Å²) < 4.78 is 0. The van der Waals surface area contributed by atoms with Gasteiger partial charge in [-0.15, -0.1) is 0 Å². The SMILES string of the molecule is N#Cc1cc2ccccc2nc1NCCc1ccsc1. The fourth-order valence-electron chi connectivity index (χ4n) is 2.10. The highest BCUT2D eigenvalue weighted by Gasteiger charge is 2.06. The summed E-state index contributed by atoms with van der Waals surface area (Å²) in [6.45, 7) is 0.775. The molecule has 0 saturated heterocycles. The second-order valence-corrected chi connectivity index (χ2v) is 5.28. The number of benzene rings is 1. The van der Waals surface area contributed by atoms with Crippen LogP contribution in [0.25, 0.3) is 10.9 Å². The quantitative estimate of drug-likeness (QED) is 0.789. The zero-order valence-electron chi connectivity index (χ0n) is 10.8. The molecule has 0 radical (unpaired) electrons. The molecule has 0 spiro atoms. The standard InChI is InChI=1S/C16H13N3S/c17-10-14-9-13-3-1-2-4-15(13)19-16(14)18-7-5-12-6-8-20-11-12/h1-4,6,8-9,11H,5,7H2,(H,18,19). The van der Waals surface area contributed by atoms with Gasteiger partial charge in [0.25, 0.3) is 0 Å². The lowest BCUT2D eigenvalue weighted by molar-refractivity contribution is 1.01. The van der Waals surface area contributed by atoms with Crippen LogP contribution < -0.4 is 5.32 Å². The number of nitriles is 1. The van der Waals surface area contributed by atoms with Crippen LogP contribution in [0.2, 0.25) is 0 Å². The van der Waals surface area contributed by atoms with Crippen LogP contribution in [0.4, 0.5) is 5.82 Å². The first-order valence-corrected chi connectivity index (χ1v) is 7.36. The number of pyridine rings is 1. The van der Waals surface area contributed by atoms with E-state index >= 15 is 0 Å². The number of hydrogen-bond donors (Lipinski definition) is 1. The van der Waals surface area contributed by atoms with Gasteiger partial charge in [-0.05, 0) is 40.9 Å². The van der Waals surface area contributed by atoms with E-state index in [0.717, 1.165) is 23.9 Å². The third-order valence-corrected chi connectivity index (χ3v) is 3.86. The van der Waals surface area contributed by atoms with E-state index in [1.165, 1.54) is 5.56 Å². The largest absolute Gasteiger partial charge is 0.369 e. The van der Waals surface area contributed by atoms with Crippen molar-refractivity contribution in [2.45, 2.75) is 6.42 Å². The normalized spacial score (nSPS) is 10.3. The third kappa shape index (κ3) is 2.63. The van der Waals surface area contributed by atoms with Crippen LogP contribution in [0, 0.1) is 11.3 Å². The Bertz CT molecular complexity index is 757. The Morgan fingerprint density at radius 1 is 1.25 bits per heavy atom. The number of anilines is 1. The van der Waals surface area contributed by atoms with E-state index in [9.17, 15) is 5.26 Å². The molecular formula is C16H13N3S. The van der Waals surface area contributed by atoms with Crippen molar-refractivity contribution in [3.05, 3.63) is 58.3 Å². The lowest BCUT2D eigenvalue weighted by atomic mass is 10.1. The molecule has 0 aliphatic heterocycles. The number of para-hydroxylation sites is 1. The summed E-state index contributed by atoms with van der Waals surface area (Å²) in [5.74, 6) is 0.668. The van der Waals surface area contributed by atoms with Crippen molar-refractivity contribution in [1.82, 2.24) is 4.98 Å². The number of thiophene rings is 1. The molecule has 3 rings (SSSR count). The average Bonchev–Trinajstić information content (AvgIpc) is 3.00. The highest BCUT2D eigenvalue weighted by molar-refractivity contribution is 7.07. The minimum atomic E-state index is 0.592. The van der Waals surface area contributed by atoms with Gasteiger partial charge in [0.2, 0.25) is 0 Å². The molecule has 1 aromatic carbocycles. The fraction of sp³-hybridized carbons (Fsp3) is 0.125. The summed E-state index contributed by atoms with van der Waals surface area (Å²) in [6, 6.07) is 14.0. The molecule has 0 fully saturated rings. The van der Waals surface area contributed by atoms with Crippen LogP contribution in [0.15, 0.2) is 47.2 Å². The van der Waals surface area contributed by atoms with E-state index < -0.39 is 0 Å². The zero-order valence-corrected chi connectivity index (χ0v) is 11.7. The van der Waals surface area contributed by atoms with Crippen molar-refractivity contribution < 1.29 is 0 Å². The molecule has 20 heavy (non-hydrogen) atoms. The van der Waals surface area contributed by atoms with Crippen molar-refractivity contribution in [3.63, 3.8) is 0 Å². The Morgan fingerprint density at radius 2 is 2.15 bits per heavy atom. The van der Waals surface area contributed by atoms with Crippen LogP contribution in [-0.2, 0) is 6.42 Å². The Kier molecular flexibility index (Phi) is 3.62. The van der Waals surface area contributed by atoms with E-state index in [2.05, 4.69) is 33.2 Å². The summed E-state index contributed by atoms with van der Waals surface area (Å²) in [7, 11) is 0. The maximum absolute atomic E-state index is 9.23. The highest BCUT2D eigenvalue weighted by Crippen LogP contribution is 2.19. The minimum absolute atomic E-state index is 0.592. The van der Waals surface area contributed by atoms with Crippen LogP contribution in [0.5, 0.6) is 0 Å².